The number of nitrogens with one attached hydrogen (secondary N) is 2. The van der Waals surface area contributed by atoms with E-state index < -0.39 is 0 Å². The molecular formula is C17H28N4S. The number of aliphatic imine (C=N–C) groups is 1. The van der Waals surface area contributed by atoms with Gasteiger partial charge in [0.05, 0.1) is 0 Å². The van der Waals surface area contributed by atoms with E-state index >= 15 is 0 Å². The van der Waals surface area contributed by atoms with Crippen LogP contribution in [0.15, 0.2) is 35.2 Å². The summed E-state index contributed by atoms with van der Waals surface area (Å²) in [4.78, 5) is 8.74. The topological polar surface area (TPSA) is 39.7 Å². The van der Waals surface area contributed by atoms with Gasteiger partial charge in [0, 0.05) is 30.6 Å². The van der Waals surface area contributed by atoms with Crippen molar-refractivity contribution >= 4 is 17.3 Å². The predicted molar refractivity (Wildman–Crippen MR) is 96.6 cm³/mol. The van der Waals surface area contributed by atoms with Crippen molar-refractivity contribution in [2.75, 3.05) is 33.2 Å². The highest BCUT2D eigenvalue weighted by Crippen LogP contribution is 2.37. The summed E-state index contributed by atoms with van der Waals surface area (Å²) in [7, 11) is 2.24. The van der Waals surface area contributed by atoms with Crippen LogP contribution in [0.4, 0.5) is 0 Å². The van der Waals surface area contributed by atoms with E-state index in [2.05, 4.69) is 53.6 Å². The molecule has 0 radical (unpaired) electrons. The Bertz CT molecular complexity index is 469. The quantitative estimate of drug-likeness (QED) is 0.481. The molecule has 2 heterocycles. The predicted octanol–water partition coefficient (Wildman–Crippen LogP) is 2.87. The molecule has 0 aromatic carbocycles. The Balaban J connectivity index is 2.05. The van der Waals surface area contributed by atoms with Crippen LogP contribution >= 0.6 is 11.3 Å². The van der Waals surface area contributed by atoms with E-state index in [1.54, 1.807) is 0 Å². The zero-order valence-corrected chi connectivity index (χ0v) is 14.5. The van der Waals surface area contributed by atoms with Crippen LogP contribution in [0.3, 0.4) is 0 Å². The summed E-state index contributed by atoms with van der Waals surface area (Å²) < 4.78 is 0. The van der Waals surface area contributed by atoms with Crippen LogP contribution in [0.25, 0.3) is 0 Å². The van der Waals surface area contributed by atoms with Gasteiger partial charge >= 0.3 is 0 Å². The van der Waals surface area contributed by atoms with Gasteiger partial charge in [-0.1, -0.05) is 12.1 Å². The molecule has 0 aliphatic carbocycles. The van der Waals surface area contributed by atoms with Crippen LogP contribution in [-0.4, -0.2) is 44.1 Å². The van der Waals surface area contributed by atoms with E-state index in [1.165, 1.54) is 24.3 Å². The fraction of sp³-hybridized carbons (Fsp3) is 0.588. The van der Waals surface area contributed by atoms with Gasteiger partial charge < -0.3 is 10.6 Å². The highest BCUT2D eigenvalue weighted by molar-refractivity contribution is 7.10. The number of rotatable bonds is 6. The SMILES string of the molecule is C=CCNC(=NCC1CCCN(C)C1c1cccs1)NCC. The number of hydrogen-bond acceptors (Lipinski definition) is 3. The fourth-order valence-electron chi connectivity index (χ4n) is 3.08. The lowest BCUT2D eigenvalue weighted by atomic mass is 9.88. The molecule has 0 spiro atoms. The van der Waals surface area contributed by atoms with Gasteiger partial charge in [-0.15, -0.1) is 17.9 Å². The molecule has 2 atom stereocenters. The van der Waals surface area contributed by atoms with Crippen LogP contribution in [0.5, 0.6) is 0 Å². The molecule has 2 rings (SSSR count). The molecular weight excluding hydrogens is 292 g/mol. The minimum absolute atomic E-state index is 0.500. The Morgan fingerprint density at radius 3 is 3.09 bits per heavy atom. The highest BCUT2D eigenvalue weighted by atomic mass is 32.1. The zero-order chi connectivity index (χ0) is 15.8. The summed E-state index contributed by atoms with van der Waals surface area (Å²) in [6.45, 7) is 9.50. The van der Waals surface area contributed by atoms with Crippen molar-refractivity contribution < 1.29 is 0 Å². The van der Waals surface area contributed by atoms with Gasteiger partial charge in [-0.2, -0.15) is 0 Å². The maximum absolute atomic E-state index is 4.79. The van der Waals surface area contributed by atoms with Crippen LogP contribution < -0.4 is 10.6 Å². The second-order valence-corrected chi connectivity index (χ2v) is 6.71. The van der Waals surface area contributed by atoms with Crippen molar-refractivity contribution in [3.05, 3.63) is 35.0 Å². The lowest BCUT2D eigenvalue weighted by Crippen LogP contribution is -2.40. The van der Waals surface area contributed by atoms with E-state index in [1.807, 2.05) is 17.4 Å². The third-order valence-electron chi connectivity index (χ3n) is 4.08. The van der Waals surface area contributed by atoms with Crippen LogP contribution in [0.2, 0.25) is 0 Å². The monoisotopic (exact) mass is 320 g/mol. The number of nitrogens with zero attached hydrogens (tertiary/aromatic N) is 2. The average Bonchev–Trinajstić information content (AvgIpc) is 3.04. The number of piperidine rings is 1. The molecule has 1 saturated heterocycles. The van der Waals surface area contributed by atoms with E-state index in [4.69, 9.17) is 4.99 Å². The molecule has 2 N–H and O–H groups in total. The van der Waals surface area contributed by atoms with E-state index in [0.717, 1.165) is 25.6 Å². The van der Waals surface area contributed by atoms with Gasteiger partial charge in [0.25, 0.3) is 0 Å². The minimum atomic E-state index is 0.500. The molecule has 0 amide bonds. The number of likely N-dealkylation sites (tertiary alicyclic amines) is 1. The average molecular weight is 321 g/mol. The smallest absolute Gasteiger partial charge is 0.191 e. The van der Waals surface area contributed by atoms with Gasteiger partial charge in [0.1, 0.15) is 0 Å². The molecule has 122 valence electrons. The molecule has 0 bridgehead atoms. The zero-order valence-electron chi connectivity index (χ0n) is 13.7. The fourth-order valence-corrected chi connectivity index (χ4v) is 4.06. The van der Waals surface area contributed by atoms with E-state index in [9.17, 15) is 0 Å². The van der Waals surface area contributed by atoms with E-state index in [0.29, 0.717) is 12.0 Å². The summed E-state index contributed by atoms with van der Waals surface area (Å²) in [5.41, 5.74) is 0. The van der Waals surface area contributed by atoms with Crippen LogP contribution in [-0.2, 0) is 0 Å². The van der Waals surface area contributed by atoms with Gasteiger partial charge in [0.15, 0.2) is 5.96 Å². The summed E-state index contributed by atoms with van der Waals surface area (Å²) >= 11 is 1.86. The Morgan fingerprint density at radius 1 is 1.55 bits per heavy atom. The van der Waals surface area contributed by atoms with Crippen molar-refractivity contribution in [1.29, 1.82) is 0 Å². The lowest BCUT2D eigenvalue weighted by molar-refractivity contribution is 0.128. The van der Waals surface area contributed by atoms with Gasteiger partial charge in [0.2, 0.25) is 0 Å². The normalized spacial score (nSPS) is 23.3. The van der Waals surface area contributed by atoms with Crippen molar-refractivity contribution in [3.8, 4) is 0 Å². The molecule has 1 aromatic rings. The number of hydrogen-bond donors (Lipinski definition) is 2. The van der Waals surface area contributed by atoms with Crippen molar-refractivity contribution in [2.45, 2.75) is 25.8 Å². The molecule has 1 aromatic heterocycles. The first-order valence-electron chi connectivity index (χ1n) is 8.13. The van der Waals surface area contributed by atoms with Crippen LogP contribution in [0.1, 0.15) is 30.7 Å². The molecule has 5 heteroatoms. The van der Waals surface area contributed by atoms with Gasteiger partial charge in [-0.05, 0) is 50.7 Å². The summed E-state index contributed by atoms with van der Waals surface area (Å²) in [5.74, 6) is 1.47. The first-order chi connectivity index (χ1) is 10.8. The van der Waals surface area contributed by atoms with Crippen molar-refractivity contribution in [1.82, 2.24) is 15.5 Å². The molecule has 22 heavy (non-hydrogen) atoms. The Morgan fingerprint density at radius 2 is 2.41 bits per heavy atom. The second-order valence-electron chi connectivity index (χ2n) is 5.73. The molecule has 1 aliphatic heterocycles. The largest absolute Gasteiger partial charge is 0.357 e. The summed E-state index contributed by atoms with van der Waals surface area (Å²) in [5, 5.41) is 8.75. The molecule has 1 aliphatic rings. The summed E-state index contributed by atoms with van der Waals surface area (Å²) in [6.07, 6.45) is 4.36. The Kier molecular flexibility index (Phi) is 6.93. The highest BCUT2D eigenvalue weighted by Gasteiger charge is 2.30. The van der Waals surface area contributed by atoms with Gasteiger partial charge in [-0.3, -0.25) is 9.89 Å². The number of thiophene rings is 1. The molecule has 0 saturated carbocycles. The third kappa shape index (κ3) is 4.58. The Labute approximate surface area is 138 Å². The summed E-state index contributed by atoms with van der Waals surface area (Å²) in [6, 6.07) is 4.91. The molecule has 2 unspecified atom stereocenters. The van der Waals surface area contributed by atoms with Gasteiger partial charge in [-0.25, -0.2) is 0 Å². The lowest BCUT2D eigenvalue weighted by Gasteiger charge is -2.38. The standard InChI is InChI=1S/C17H28N4S/c1-4-10-19-17(18-5-2)20-13-14-8-6-11-21(3)16(14)15-9-7-12-22-15/h4,7,9,12,14,16H,1,5-6,8,10-11,13H2,2-3H3,(H2,18,19,20). The van der Waals surface area contributed by atoms with Crippen molar-refractivity contribution in [3.63, 3.8) is 0 Å². The maximum atomic E-state index is 4.79. The third-order valence-corrected chi connectivity index (χ3v) is 5.03. The minimum Gasteiger partial charge on any atom is -0.357 e. The Hall–Kier alpha value is -1.33. The first-order valence-corrected chi connectivity index (χ1v) is 9.01. The van der Waals surface area contributed by atoms with E-state index in [-0.39, 0.29) is 0 Å². The second kappa shape index (κ2) is 8.96. The number of guanidine groups is 1. The maximum Gasteiger partial charge on any atom is 0.191 e. The molecule has 4 nitrogen and oxygen atoms in total. The molecule has 1 fully saturated rings. The first kappa shape index (κ1) is 17.0. The van der Waals surface area contributed by atoms with Crippen molar-refractivity contribution in [2.24, 2.45) is 10.9 Å². The van der Waals surface area contributed by atoms with Crippen LogP contribution in [0, 0.1) is 5.92 Å².